The van der Waals surface area contributed by atoms with E-state index in [-0.39, 0.29) is 0 Å². The molecule has 3 heterocycles. The lowest BCUT2D eigenvalue weighted by Gasteiger charge is -2.35. The summed E-state index contributed by atoms with van der Waals surface area (Å²) in [6.07, 6.45) is 5.80. The fourth-order valence-electron chi connectivity index (χ4n) is 4.55. The highest BCUT2D eigenvalue weighted by Gasteiger charge is 2.27. The number of hydrogen-bond donors (Lipinski definition) is 0. The van der Waals surface area contributed by atoms with E-state index in [1.165, 1.54) is 25.7 Å². The predicted octanol–water partition coefficient (Wildman–Crippen LogP) is 4.02. The molecule has 6 nitrogen and oxygen atoms in total. The van der Waals surface area contributed by atoms with E-state index in [0.29, 0.717) is 11.8 Å². The molecule has 0 unspecified atom stereocenters. The maximum atomic E-state index is 12.6. The van der Waals surface area contributed by atoms with E-state index in [1.54, 1.807) is 11.3 Å². The summed E-state index contributed by atoms with van der Waals surface area (Å²) < 4.78 is 3.08. The second-order valence-electron chi connectivity index (χ2n) is 8.20. The molecule has 2 aromatic heterocycles. The summed E-state index contributed by atoms with van der Waals surface area (Å²) in [7, 11) is 0. The number of aryl methyl sites for hydroxylation is 1. The summed E-state index contributed by atoms with van der Waals surface area (Å²) in [5.74, 6) is 0.963. The summed E-state index contributed by atoms with van der Waals surface area (Å²) in [6.45, 7) is 5.34. The molecule has 1 saturated heterocycles. The number of thiazole rings is 1. The minimum absolute atomic E-state index is 0.344. The summed E-state index contributed by atoms with van der Waals surface area (Å²) in [4.78, 5) is 21.9. The minimum atomic E-state index is 0.344. The highest BCUT2D eigenvalue weighted by atomic mass is 32.1. The number of nitrogens with zero attached hydrogens (tertiary/aromatic N) is 5. The molecule has 2 aliphatic rings. The Labute approximate surface area is 175 Å². The fraction of sp³-hybridized carbons (Fsp3) is 0.500. The Morgan fingerprint density at radius 3 is 2.55 bits per heavy atom. The van der Waals surface area contributed by atoms with Gasteiger partial charge in [0.25, 0.3) is 0 Å². The van der Waals surface area contributed by atoms with Crippen LogP contribution in [-0.2, 0) is 4.79 Å². The van der Waals surface area contributed by atoms with E-state index in [0.717, 1.165) is 59.5 Å². The molecule has 0 spiro atoms. The molecule has 152 valence electrons. The number of fused-ring (bicyclic) bond motifs is 1. The van der Waals surface area contributed by atoms with Crippen molar-refractivity contribution in [3.63, 3.8) is 0 Å². The van der Waals surface area contributed by atoms with Crippen LogP contribution in [-0.4, -0.2) is 51.8 Å². The van der Waals surface area contributed by atoms with Crippen LogP contribution in [0.3, 0.4) is 0 Å². The molecule has 1 amide bonds. The first-order valence-corrected chi connectivity index (χ1v) is 11.4. The Morgan fingerprint density at radius 2 is 1.83 bits per heavy atom. The van der Waals surface area contributed by atoms with Gasteiger partial charge in [0.15, 0.2) is 10.8 Å². The number of para-hydroxylation sites is 1. The maximum absolute atomic E-state index is 12.6. The smallest absolute Gasteiger partial charge is 0.222 e. The molecule has 5 rings (SSSR count). The van der Waals surface area contributed by atoms with Crippen LogP contribution in [0, 0.1) is 12.8 Å². The zero-order valence-electron chi connectivity index (χ0n) is 16.9. The molecule has 2 fully saturated rings. The molecule has 1 aliphatic heterocycles. The zero-order valence-corrected chi connectivity index (χ0v) is 17.7. The first-order valence-electron chi connectivity index (χ1n) is 10.6. The zero-order chi connectivity index (χ0) is 19.8. The third-order valence-electron chi connectivity index (χ3n) is 6.22. The predicted molar refractivity (Wildman–Crippen MR) is 117 cm³/mol. The van der Waals surface area contributed by atoms with Gasteiger partial charge in [0.2, 0.25) is 5.91 Å². The minimum Gasteiger partial charge on any atom is -0.344 e. The SMILES string of the molecule is Cc1nn(-c2ccccc2)c2nc(N3CCN(C(=O)CC4CCCC4)CC3)sc12. The van der Waals surface area contributed by atoms with E-state index in [2.05, 4.69) is 27.0 Å². The van der Waals surface area contributed by atoms with Crippen LogP contribution in [0.5, 0.6) is 0 Å². The lowest BCUT2D eigenvalue weighted by molar-refractivity contribution is -0.132. The summed E-state index contributed by atoms with van der Waals surface area (Å²) in [5.41, 5.74) is 2.97. The fourth-order valence-corrected chi connectivity index (χ4v) is 5.58. The molecule has 1 aromatic carbocycles. The standard InChI is InChI=1S/C22H27N5OS/c1-16-20-21(27(24-16)18-9-3-2-4-10-18)23-22(29-20)26-13-11-25(12-14-26)19(28)15-17-7-5-6-8-17/h2-4,9-10,17H,5-8,11-15H2,1H3. The van der Waals surface area contributed by atoms with Gasteiger partial charge < -0.3 is 9.80 Å². The summed E-state index contributed by atoms with van der Waals surface area (Å²) >= 11 is 1.71. The Balaban J connectivity index is 1.29. The number of hydrogen-bond acceptors (Lipinski definition) is 5. The van der Waals surface area contributed by atoms with Crippen molar-refractivity contribution < 1.29 is 4.79 Å². The number of rotatable bonds is 4. The Hall–Kier alpha value is -2.41. The van der Waals surface area contributed by atoms with Gasteiger partial charge in [-0.3, -0.25) is 4.79 Å². The Kier molecular flexibility index (Phi) is 4.99. The van der Waals surface area contributed by atoms with Crippen LogP contribution in [0.15, 0.2) is 30.3 Å². The Morgan fingerprint density at radius 1 is 1.10 bits per heavy atom. The third-order valence-corrected chi connectivity index (χ3v) is 7.43. The van der Waals surface area contributed by atoms with Gasteiger partial charge in [-0.1, -0.05) is 42.4 Å². The van der Waals surface area contributed by atoms with Crippen LogP contribution < -0.4 is 4.90 Å². The molecule has 7 heteroatoms. The third kappa shape index (κ3) is 3.64. The summed E-state index contributed by atoms with van der Waals surface area (Å²) in [5, 5.41) is 5.72. The van der Waals surface area contributed by atoms with Crippen LogP contribution in [0.25, 0.3) is 16.0 Å². The highest BCUT2D eigenvalue weighted by Crippen LogP contribution is 2.33. The second-order valence-corrected chi connectivity index (χ2v) is 9.18. The van der Waals surface area contributed by atoms with Crippen molar-refractivity contribution in [2.75, 3.05) is 31.1 Å². The van der Waals surface area contributed by atoms with E-state index >= 15 is 0 Å². The van der Waals surface area contributed by atoms with Gasteiger partial charge in [-0.05, 0) is 37.8 Å². The summed E-state index contributed by atoms with van der Waals surface area (Å²) in [6, 6.07) is 10.2. The quantitative estimate of drug-likeness (QED) is 0.653. The van der Waals surface area contributed by atoms with Crippen molar-refractivity contribution in [2.45, 2.75) is 39.0 Å². The Bertz CT molecular complexity index is 997. The van der Waals surface area contributed by atoms with Crippen LogP contribution in [0.1, 0.15) is 37.8 Å². The van der Waals surface area contributed by atoms with E-state index in [4.69, 9.17) is 4.98 Å². The molecule has 3 aromatic rings. The first-order chi connectivity index (χ1) is 14.2. The number of carbonyl (C=O) groups excluding carboxylic acids is 1. The van der Waals surface area contributed by atoms with E-state index < -0.39 is 0 Å². The monoisotopic (exact) mass is 409 g/mol. The molecule has 29 heavy (non-hydrogen) atoms. The van der Waals surface area contributed by atoms with Gasteiger partial charge in [0.1, 0.15) is 0 Å². The van der Waals surface area contributed by atoms with Gasteiger partial charge in [0, 0.05) is 32.6 Å². The highest BCUT2D eigenvalue weighted by molar-refractivity contribution is 7.22. The normalized spacial score (nSPS) is 18.1. The number of anilines is 1. The lowest BCUT2D eigenvalue weighted by atomic mass is 10.0. The molecule has 1 aliphatic carbocycles. The molecular formula is C22H27N5OS. The van der Waals surface area contributed by atoms with Gasteiger partial charge >= 0.3 is 0 Å². The number of carbonyl (C=O) groups is 1. The van der Waals surface area contributed by atoms with Crippen molar-refractivity contribution in [3.05, 3.63) is 36.0 Å². The molecule has 0 N–H and O–H groups in total. The second kappa shape index (κ2) is 7.78. The van der Waals surface area contributed by atoms with Gasteiger partial charge in [0.05, 0.1) is 16.1 Å². The van der Waals surface area contributed by atoms with Crippen molar-refractivity contribution in [3.8, 4) is 5.69 Å². The van der Waals surface area contributed by atoms with Gasteiger partial charge in [-0.2, -0.15) is 10.1 Å². The molecule has 1 saturated carbocycles. The van der Waals surface area contributed by atoms with Crippen LogP contribution in [0.4, 0.5) is 5.13 Å². The number of aromatic nitrogens is 3. The van der Waals surface area contributed by atoms with Gasteiger partial charge in [-0.15, -0.1) is 0 Å². The number of benzene rings is 1. The average molecular weight is 410 g/mol. The van der Waals surface area contributed by atoms with Crippen LogP contribution in [0.2, 0.25) is 0 Å². The van der Waals surface area contributed by atoms with E-state index in [9.17, 15) is 4.79 Å². The van der Waals surface area contributed by atoms with Gasteiger partial charge in [-0.25, -0.2) is 4.68 Å². The molecule has 0 radical (unpaired) electrons. The van der Waals surface area contributed by atoms with Crippen molar-refractivity contribution in [1.29, 1.82) is 0 Å². The topological polar surface area (TPSA) is 54.3 Å². The largest absolute Gasteiger partial charge is 0.344 e. The molecule has 0 bridgehead atoms. The van der Waals surface area contributed by atoms with E-state index in [1.807, 2.05) is 29.8 Å². The first kappa shape index (κ1) is 18.6. The number of amides is 1. The molecule has 0 atom stereocenters. The average Bonchev–Trinajstić information content (AvgIpc) is 3.48. The number of piperazine rings is 1. The van der Waals surface area contributed by atoms with Crippen molar-refractivity contribution in [2.24, 2.45) is 5.92 Å². The van der Waals surface area contributed by atoms with Crippen LogP contribution >= 0.6 is 11.3 Å². The van der Waals surface area contributed by atoms with Crippen molar-refractivity contribution in [1.82, 2.24) is 19.7 Å². The molecular weight excluding hydrogens is 382 g/mol. The maximum Gasteiger partial charge on any atom is 0.222 e. The lowest BCUT2D eigenvalue weighted by Crippen LogP contribution is -2.49. The van der Waals surface area contributed by atoms with Crippen molar-refractivity contribution >= 4 is 32.7 Å².